The number of hydrogen-bond acceptors (Lipinski definition) is 1. The minimum atomic E-state index is -0.692. The molecule has 0 saturated heterocycles. The zero-order chi connectivity index (χ0) is 12.1. The van der Waals surface area contributed by atoms with Crippen molar-refractivity contribution >= 4 is 29.1 Å². The monoisotopic (exact) mass is 263 g/mol. The predicted molar refractivity (Wildman–Crippen MR) is 63.4 cm³/mol. The summed E-state index contributed by atoms with van der Waals surface area (Å²) in [4.78, 5) is 11.4. The summed E-state index contributed by atoms with van der Waals surface area (Å²) in [5.41, 5.74) is 0.661. The highest BCUT2D eigenvalue weighted by atomic mass is 35.5. The van der Waals surface area contributed by atoms with Crippen molar-refractivity contribution < 1.29 is 9.18 Å². The third kappa shape index (κ3) is 3.65. The molecule has 1 amide bonds. The summed E-state index contributed by atoms with van der Waals surface area (Å²) in [5.74, 6) is -0.651. The zero-order valence-electron chi connectivity index (χ0n) is 8.77. The third-order valence-corrected chi connectivity index (χ3v) is 2.75. The topological polar surface area (TPSA) is 29.1 Å². The van der Waals surface area contributed by atoms with Gasteiger partial charge in [0.1, 0.15) is 11.2 Å². The molecule has 0 fully saturated rings. The molecule has 0 aliphatic carbocycles. The first-order valence-corrected chi connectivity index (χ1v) is 5.71. The number of halogens is 3. The van der Waals surface area contributed by atoms with Gasteiger partial charge < -0.3 is 5.32 Å². The molecular formula is C11H12Cl2FNO. The average molecular weight is 264 g/mol. The van der Waals surface area contributed by atoms with E-state index < -0.39 is 11.2 Å². The van der Waals surface area contributed by atoms with Crippen LogP contribution >= 0.6 is 23.2 Å². The van der Waals surface area contributed by atoms with Crippen molar-refractivity contribution in [3.63, 3.8) is 0 Å². The lowest BCUT2D eigenvalue weighted by molar-refractivity contribution is -0.120. The van der Waals surface area contributed by atoms with E-state index in [2.05, 4.69) is 5.32 Å². The van der Waals surface area contributed by atoms with E-state index in [1.807, 2.05) is 6.92 Å². The van der Waals surface area contributed by atoms with Crippen LogP contribution in [-0.4, -0.2) is 17.8 Å². The van der Waals surface area contributed by atoms with E-state index in [-0.39, 0.29) is 17.4 Å². The van der Waals surface area contributed by atoms with E-state index in [0.29, 0.717) is 12.1 Å². The maximum Gasteiger partial charge on any atom is 0.238 e. The molecule has 5 heteroatoms. The second-order valence-corrected chi connectivity index (χ2v) is 4.24. The number of rotatable bonds is 4. The van der Waals surface area contributed by atoms with Gasteiger partial charge >= 0.3 is 0 Å². The van der Waals surface area contributed by atoms with Crippen LogP contribution in [0.2, 0.25) is 5.02 Å². The minimum absolute atomic E-state index is 0.246. The Bertz CT molecular complexity index is 384. The van der Waals surface area contributed by atoms with E-state index in [9.17, 15) is 9.18 Å². The highest BCUT2D eigenvalue weighted by molar-refractivity contribution is 6.32. The van der Waals surface area contributed by atoms with E-state index in [0.717, 1.165) is 0 Å². The van der Waals surface area contributed by atoms with E-state index in [4.69, 9.17) is 23.2 Å². The predicted octanol–water partition coefficient (Wildman–Crippen LogP) is 2.77. The van der Waals surface area contributed by atoms with Gasteiger partial charge in [0.25, 0.3) is 0 Å². The molecule has 1 N–H and O–H groups in total. The lowest BCUT2D eigenvalue weighted by Crippen LogP contribution is -2.32. The van der Waals surface area contributed by atoms with Crippen LogP contribution in [0.1, 0.15) is 12.5 Å². The third-order valence-electron chi connectivity index (χ3n) is 2.05. The van der Waals surface area contributed by atoms with Gasteiger partial charge in [0.15, 0.2) is 0 Å². The number of hydrogen-bond donors (Lipinski definition) is 1. The standard InChI is InChI=1S/C11H12Cl2FNO/c1-2-15-11(16)10(13)5-7-3-4-8(14)6-9(7)12/h3-4,6,10H,2,5H2,1H3,(H,15,16). The Hall–Kier alpha value is -0.800. The van der Waals surface area contributed by atoms with Crippen molar-refractivity contribution in [3.8, 4) is 0 Å². The van der Waals surface area contributed by atoms with Crippen LogP contribution < -0.4 is 5.32 Å². The van der Waals surface area contributed by atoms with Crippen molar-refractivity contribution in [1.29, 1.82) is 0 Å². The van der Waals surface area contributed by atoms with Crippen LogP contribution in [0.4, 0.5) is 4.39 Å². The van der Waals surface area contributed by atoms with Gasteiger partial charge in [-0.1, -0.05) is 17.7 Å². The van der Waals surface area contributed by atoms with Gasteiger partial charge in [-0.3, -0.25) is 4.79 Å². The smallest absolute Gasteiger partial charge is 0.238 e. The van der Waals surface area contributed by atoms with Crippen molar-refractivity contribution in [2.75, 3.05) is 6.54 Å². The summed E-state index contributed by atoms with van der Waals surface area (Å²) in [6.45, 7) is 2.34. The second-order valence-electron chi connectivity index (χ2n) is 3.30. The number of alkyl halides is 1. The van der Waals surface area contributed by atoms with Gasteiger partial charge in [-0.2, -0.15) is 0 Å². The van der Waals surface area contributed by atoms with Crippen LogP contribution in [0.15, 0.2) is 18.2 Å². The highest BCUT2D eigenvalue weighted by Gasteiger charge is 2.16. The molecule has 0 saturated carbocycles. The molecular weight excluding hydrogens is 252 g/mol. The summed E-state index contributed by atoms with van der Waals surface area (Å²) in [7, 11) is 0. The highest BCUT2D eigenvalue weighted by Crippen LogP contribution is 2.20. The molecule has 1 rings (SSSR count). The van der Waals surface area contributed by atoms with Crippen molar-refractivity contribution in [1.82, 2.24) is 5.32 Å². The van der Waals surface area contributed by atoms with Gasteiger partial charge in [-0.15, -0.1) is 11.6 Å². The number of benzene rings is 1. The lowest BCUT2D eigenvalue weighted by Gasteiger charge is -2.10. The Morgan fingerprint density at radius 3 is 2.81 bits per heavy atom. The fourth-order valence-corrected chi connectivity index (χ4v) is 1.75. The summed E-state index contributed by atoms with van der Waals surface area (Å²) >= 11 is 11.7. The Labute approximate surface area is 104 Å². The fraction of sp³-hybridized carbons (Fsp3) is 0.364. The normalized spacial score (nSPS) is 12.2. The molecule has 88 valence electrons. The first kappa shape index (κ1) is 13.3. The molecule has 0 heterocycles. The van der Waals surface area contributed by atoms with Crippen LogP contribution in [-0.2, 0) is 11.2 Å². The molecule has 0 spiro atoms. The first-order chi connectivity index (χ1) is 7.54. The summed E-state index contributed by atoms with van der Waals surface area (Å²) in [6.07, 6.45) is 0.284. The summed E-state index contributed by atoms with van der Waals surface area (Å²) < 4.78 is 12.8. The van der Waals surface area contributed by atoms with Gasteiger partial charge in [0, 0.05) is 11.6 Å². The molecule has 0 bridgehead atoms. The number of carbonyl (C=O) groups is 1. The van der Waals surface area contributed by atoms with Crippen molar-refractivity contribution in [2.45, 2.75) is 18.7 Å². The van der Waals surface area contributed by atoms with Crippen LogP contribution in [0.25, 0.3) is 0 Å². The largest absolute Gasteiger partial charge is 0.355 e. The molecule has 0 radical (unpaired) electrons. The Balaban J connectivity index is 2.69. The van der Waals surface area contributed by atoms with Gasteiger partial charge in [-0.25, -0.2) is 4.39 Å². The molecule has 0 aliphatic heterocycles. The quantitative estimate of drug-likeness (QED) is 0.832. The Kier molecular flexibility index (Phi) is 5.03. The molecule has 1 aromatic carbocycles. The van der Waals surface area contributed by atoms with Crippen molar-refractivity contribution in [2.24, 2.45) is 0 Å². The molecule has 1 aromatic rings. The van der Waals surface area contributed by atoms with Crippen LogP contribution in [0.3, 0.4) is 0 Å². The van der Waals surface area contributed by atoms with Crippen LogP contribution in [0, 0.1) is 5.82 Å². The van der Waals surface area contributed by atoms with Crippen LogP contribution in [0.5, 0.6) is 0 Å². The molecule has 16 heavy (non-hydrogen) atoms. The average Bonchev–Trinajstić information content (AvgIpc) is 2.22. The fourth-order valence-electron chi connectivity index (χ4n) is 1.26. The van der Waals surface area contributed by atoms with Gasteiger partial charge in [0.05, 0.1) is 0 Å². The van der Waals surface area contributed by atoms with E-state index >= 15 is 0 Å². The minimum Gasteiger partial charge on any atom is -0.355 e. The molecule has 2 nitrogen and oxygen atoms in total. The maximum atomic E-state index is 12.8. The zero-order valence-corrected chi connectivity index (χ0v) is 10.3. The van der Waals surface area contributed by atoms with Crippen molar-refractivity contribution in [3.05, 3.63) is 34.6 Å². The maximum absolute atomic E-state index is 12.8. The van der Waals surface area contributed by atoms with E-state index in [1.165, 1.54) is 18.2 Å². The number of nitrogens with one attached hydrogen (secondary N) is 1. The second kappa shape index (κ2) is 6.06. The molecule has 1 atom stereocenters. The SMILES string of the molecule is CCNC(=O)C(Cl)Cc1ccc(F)cc1Cl. The first-order valence-electron chi connectivity index (χ1n) is 4.90. The lowest BCUT2D eigenvalue weighted by atomic mass is 10.1. The van der Waals surface area contributed by atoms with E-state index in [1.54, 1.807) is 0 Å². The number of amides is 1. The molecule has 0 aromatic heterocycles. The Morgan fingerprint density at radius 2 is 2.25 bits per heavy atom. The number of carbonyl (C=O) groups excluding carboxylic acids is 1. The molecule has 0 aliphatic rings. The van der Waals surface area contributed by atoms with Gasteiger partial charge in [-0.05, 0) is 31.0 Å². The van der Waals surface area contributed by atoms with Gasteiger partial charge in [0.2, 0.25) is 5.91 Å². The summed E-state index contributed by atoms with van der Waals surface area (Å²) in [5, 5.41) is 2.20. The Morgan fingerprint density at radius 1 is 1.56 bits per heavy atom. The molecule has 1 unspecified atom stereocenters. The summed E-state index contributed by atoms with van der Waals surface area (Å²) in [6, 6.07) is 4.03.